The van der Waals surface area contributed by atoms with Gasteiger partial charge < -0.3 is 10.0 Å². The fraction of sp³-hybridized carbons (Fsp3) is 0.235. The summed E-state index contributed by atoms with van der Waals surface area (Å²) in [7, 11) is 0. The Kier molecular flexibility index (Phi) is 5.73. The summed E-state index contributed by atoms with van der Waals surface area (Å²) in [6.07, 6.45) is 1.43. The van der Waals surface area contributed by atoms with Crippen molar-refractivity contribution >= 4 is 23.3 Å². The van der Waals surface area contributed by atoms with Crippen molar-refractivity contribution in [2.75, 3.05) is 23.4 Å². The van der Waals surface area contributed by atoms with E-state index in [9.17, 15) is 15.2 Å². The monoisotopic (exact) mass is 328 g/mol. The summed E-state index contributed by atoms with van der Waals surface area (Å²) >= 11 is 0. The maximum atomic E-state index is 10.9. The first-order chi connectivity index (χ1) is 11.6. The van der Waals surface area contributed by atoms with Gasteiger partial charge in [-0.05, 0) is 32.0 Å². The van der Waals surface area contributed by atoms with E-state index < -0.39 is 4.92 Å². The minimum absolute atomic E-state index is 0.0595. The van der Waals surface area contributed by atoms with Crippen molar-refractivity contribution in [1.29, 1.82) is 0 Å². The number of hydrogen-bond donors (Lipinski definition) is 2. The highest BCUT2D eigenvalue weighted by molar-refractivity contribution is 5.85. The lowest BCUT2D eigenvalue weighted by atomic mass is 10.2. The number of hydrogen-bond acceptors (Lipinski definition) is 6. The van der Waals surface area contributed by atoms with Gasteiger partial charge in [0.15, 0.2) is 0 Å². The third-order valence-corrected chi connectivity index (χ3v) is 3.63. The van der Waals surface area contributed by atoms with Crippen molar-refractivity contribution < 1.29 is 10.0 Å². The molecule has 0 saturated carbocycles. The van der Waals surface area contributed by atoms with E-state index in [1.165, 1.54) is 12.3 Å². The normalized spacial score (nSPS) is 10.8. The van der Waals surface area contributed by atoms with Crippen LogP contribution in [0.3, 0.4) is 0 Å². The molecule has 0 bridgehead atoms. The van der Waals surface area contributed by atoms with Gasteiger partial charge in [0.05, 0.1) is 11.1 Å². The number of nitro groups is 1. The third-order valence-electron chi connectivity index (χ3n) is 3.63. The Bertz CT molecular complexity index is 742. The Morgan fingerprint density at radius 2 is 1.96 bits per heavy atom. The lowest BCUT2D eigenvalue weighted by molar-refractivity contribution is -0.384. The van der Waals surface area contributed by atoms with Crippen LogP contribution >= 0.6 is 0 Å². The van der Waals surface area contributed by atoms with E-state index in [1.54, 1.807) is 30.3 Å². The van der Waals surface area contributed by atoms with Crippen molar-refractivity contribution in [2.45, 2.75) is 13.8 Å². The van der Waals surface area contributed by atoms with Gasteiger partial charge in [0.1, 0.15) is 11.4 Å². The first-order valence-corrected chi connectivity index (χ1v) is 7.67. The van der Waals surface area contributed by atoms with Crippen LogP contribution in [0.5, 0.6) is 5.75 Å². The molecule has 0 spiro atoms. The Labute approximate surface area is 140 Å². The van der Waals surface area contributed by atoms with E-state index in [0.717, 1.165) is 18.8 Å². The zero-order valence-electron chi connectivity index (χ0n) is 13.6. The molecule has 2 aromatic carbocycles. The fourth-order valence-corrected chi connectivity index (χ4v) is 2.33. The minimum Gasteiger partial charge on any atom is -0.507 e. The van der Waals surface area contributed by atoms with Crippen LogP contribution in [0.25, 0.3) is 0 Å². The summed E-state index contributed by atoms with van der Waals surface area (Å²) in [4.78, 5) is 12.6. The number of benzene rings is 2. The smallest absolute Gasteiger partial charge is 0.294 e. The summed E-state index contributed by atoms with van der Waals surface area (Å²) in [5.74, 6) is 0.104. The highest BCUT2D eigenvalue weighted by Crippen LogP contribution is 2.25. The fourth-order valence-electron chi connectivity index (χ4n) is 2.33. The quantitative estimate of drug-likeness (QED) is 0.460. The van der Waals surface area contributed by atoms with Gasteiger partial charge in [-0.25, -0.2) is 0 Å². The molecule has 0 radical (unpaired) electrons. The Morgan fingerprint density at radius 3 is 2.58 bits per heavy atom. The molecule has 0 fully saturated rings. The molecule has 126 valence electrons. The molecule has 7 nitrogen and oxygen atoms in total. The van der Waals surface area contributed by atoms with Gasteiger partial charge in [0.2, 0.25) is 0 Å². The Morgan fingerprint density at radius 1 is 1.25 bits per heavy atom. The van der Waals surface area contributed by atoms with E-state index >= 15 is 0 Å². The SMILES string of the molecule is CCN(CC)c1ccc(C=NNc2ccccc2[N+](=O)[O-])c(O)c1. The van der Waals surface area contributed by atoms with E-state index in [1.807, 2.05) is 19.9 Å². The first kappa shape index (κ1) is 17.3. The predicted octanol–water partition coefficient (Wildman–Crippen LogP) is 3.59. The zero-order chi connectivity index (χ0) is 17.5. The lowest BCUT2D eigenvalue weighted by Gasteiger charge is -2.21. The number of para-hydroxylation sites is 2. The van der Waals surface area contributed by atoms with E-state index in [0.29, 0.717) is 5.56 Å². The van der Waals surface area contributed by atoms with Crippen molar-refractivity contribution in [2.24, 2.45) is 5.10 Å². The Balaban J connectivity index is 2.14. The standard InChI is InChI=1S/C17H20N4O3/c1-3-20(4-2)14-10-9-13(17(22)11-14)12-18-19-15-7-5-6-8-16(15)21(23)24/h5-12,19,22H,3-4H2,1-2H3. The van der Waals surface area contributed by atoms with Crippen molar-refractivity contribution in [3.05, 3.63) is 58.1 Å². The van der Waals surface area contributed by atoms with E-state index in [2.05, 4.69) is 15.4 Å². The minimum atomic E-state index is -0.478. The molecule has 24 heavy (non-hydrogen) atoms. The van der Waals surface area contributed by atoms with E-state index in [4.69, 9.17) is 0 Å². The van der Waals surface area contributed by atoms with Gasteiger partial charge in [-0.1, -0.05) is 12.1 Å². The molecule has 2 N–H and O–H groups in total. The second-order valence-corrected chi connectivity index (χ2v) is 5.06. The summed E-state index contributed by atoms with van der Waals surface area (Å²) in [6, 6.07) is 11.6. The van der Waals surface area contributed by atoms with Crippen LogP contribution in [0, 0.1) is 10.1 Å². The van der Waals surface area contributed by atoms with Crippen molar-refractivity contribution in [1.82, 2.24) is 0 Å². The number of nitrogens with one attached hydrogen (secondary N) is 1. The molecule has 0 unspecified atom stereocenters. The van der Waals surface area contributed by atoms with Crippen LogP contribution in [-0.2, 0) is 0 Å². The van der Waals surface area contributed by atoms with Gasteiger partial charge in [-0.15, -0.1) is 0 Å². The first-order valence-electron chi connectivity index (χ1n) is 7.67. The average Bonchev–Trinajstić information content (AvgIpc) is 2.58. The molecular formula is C17H20N4O3. The van der Waals surface area contributed by atoms with Crippen LogP contribution in [0.15, 0.2) is 47.6 Å². The molecule has 0 aromatic heterocycles. The molecule has 0 aliphatic carbocycles. The lowest BCUT2D eigenvalue weighted by Crippen LogP contribution is -2.21. The molecule has 0 amide bonds. The summed E-state index contributed by atoms with van der Waals surface area (Å²) < 4.78 is 0. The molecule has 2 aromatic rings. The van der Waals surface area contributed by atoms with Crippen LogP contribution in [0.1, 0.15) is 19.4 Å². The molecule has 0 aliphatic rings. The van der Waals surface area contributed by atoms with Gasteiger partial charge in [0.25, 0.3) is 5.69 Å². The van der Waals surface area contributed by atoms with E-state index in [-0.39, 0.29) is 17.1 Å². The molecule has 0 saturated heterocycles. The molecule has 2 rings (SSSR count). The number of phenolic OH excluding ortho intramolecular Hbond substituents is 1. The molecule has 0 atom stereocenters. The number of aromatic hydroxyl groups is 1. The third kappa shape index (κ3) is 4.01. The zero-order valence-corrected chi connectivity index (χ0v) is 13.6. The van der Waals surface area contributed by atoms with Gasteiger partial charge in [-0.2, -0.15) is 5.10 Å². The Hall–Kier alpha value is -3.09. The number of nitrogens with zero attached hydrogens (tertiary/aromatic N) is 3. The van der Waals surface area contributed by atoms with Crippen molar-refractivity contribution in [3.8, 4) is 5.75 Å². The van der Waals surface area contributed by atoms with Crippen LogP contribution in [0.4, 0.5) is 17.1 Å². The van der Waals surface area contributed by atoms with Crippen LogP contribution in [0.2, 0.25) is 0 Å². The summed E-state index contributed by atoms with van der Waals surface area (Å²) in [5, 5.41) is 25.0. The maximum Gasteiger partial charge on any atom is 0.294 e. The molecule has 0 aliphatic heterocycles. The number of anilines is 2. The molecule has 7 heteroatoms. The second kappa shape index (κ2) is 7.96. The number of rotatable bonds is 7. The number of hydrazone groups is 1. The topological polar surface area (TPSA) is 91.0 Å². The van der Waals surface area contributed by atoms with Crippen molar-refractivity contribution in [3.63, 3.8) is 0 Å². The van der Waals surface area contributed by atoms with Gasteiger partial charge >= 0.3 is 0 Å². The number of phenols is 1. The summed E-state index contributed by atoms with van der Waals surface area (Å²) in [6.45, 7) is 5.80. The largest absolute Gasteiger partial charge is 0.507 e. The van der Waals surface area contributed by atoms with Gasteiger partial charge in [0, 0.05) is 36.5 Å². The average molecular weight is 328 g/mol. The highest BCUT2D eigenvalue weighted by atomic mass is 16.6. The number of nitro benzene ring substituents is 1. The highest BCUT2D eigenvalue weighted by Gasteiger charge is 2.11. The van der Waals surface area contributed by atoms with Crippen LogP contribution < -0.4 is 10.3 Å². The predicted molar refractivity (Wildman–Crippen MR) is 96.0 cm³/mol. The van der Waals surface area contributed by atoms with Gasteiger partial charge in [-0.3, -0.25) is 15.5 Å². The maximum absolute atomic E-state index is 10.9. The second-order valence-electron chi connectivity index (χ2n) is 5.06. The molecular weight excluding hydrogens is 308 g/mol. The molecule has 0 heterocycles. The van der Waals surface area contributed by atoms with Crippen LogP contribution in [-0.4, -0.2) is 29.3 Å². The summed E-state index contributed by atoms with van der Waals surface area (Å²) in [5.41, 5.74) is 4.32.